The molecule has 1 atom stereocenters. The number of rotatable bonds is 3. The first-order chi connectivity index (χ1) is 10.2. The number of anilines is 1. The van der Waals surface area contributed by atoms with Crippen molar-refractivity contribution in [1.82, 2.24) is 14.6 Å². The molecule has 2 aromatic heterocycles. The van der Waals surface area contributed by atoms with Gasteiger partial charge in [0.25, 0.3) is 5.56 Å². The van der Waals surface area contributed by atoms with E-state index in [0.717, 1.165) is 47.6 Å². The molecule has 0 spiro atoms. The Kier molecular flexibility index (Phi) is 4.24. The van der Waals surface area contributed by atoms with Gasteiger partial charge in [0.05, 0.1) is 0 Å². The van der Waals surface area contributed by atoms with Crippen molar-refractivity contribution in [1.29, 1.82) is 0 Å². The van der Waals surface area contributed by atoms with Crippen molar-refractivity contribution in [3.63, 3.8) is 0 Å². The van der Waals surface area contributed by atoms with Crippen LogP contribution in [0.3, 0.4) is 0 Å². The quantitative estimate of drug-likeness (QED) is 0.875. The summed E-state index contributed by atoms with van der Waals surface area (Å²) in [5.74, 6) is 0.779. The second kappa shape index (κ2) is 6.13. The highest BCUT2D eigenvalue weighted by atomic mass is 32.1. The third-order valence-corrected chi connectivity index (χ3v) is 5.05. The largest absolute Gasteiger partial charge is 0.347 e. The summed E-state index contributed by atoms with van der Waals surface area (Å²) < 4.78 is 1.45. The predicted octanol–water partition coefficient (Wildman–Crippen LogP) is 2.73. The first-order valence-corrected chi connectivity index (χ1v) is 8.63. The summed E-state index contributed by atoms with van der Waals surface area (Å²) in [6.07, 6.45) is 5.51. The molecule has 21 heavy (non-hydrogen) atoms. The van der Waals surface area contributed by atoms with Crippen molar-refractivity contribution in [2.24, 2.45) is 5.92 Å². The summed E-state index contributed by atoms with van der Waals surface area (Å²) in [4.78, 5) is 19.7. The van der Waals surface area contributed by atoms with E-state index in [4.69, 9.17) is 0 Å². The molecule has 0 N–H and O–H groups in total. The van der Waals surface area contributed by atoms with Crippen molar-refractivity contribution in [3.05, 3.63) is 22.1 Å². The Morgan fingerprint density at radius 2 is 2.24 bits per heavy atom. The van der Waals surface area contributed by atoms with Gasteiger partial charge in [0.15, 0.2) is 0 Å². The number of hydrogen-bond acceptors (Lipinski definition) is 5. The molecule has 3 rings (SSSR count). The Balaban J connectivity index is 1.93. The van der Waals surface area contributed by atoms with Gasteiger partial charge in [-0.3, -0.25) is 4.79 Å². The minimum absolute atomic E-state index is 0.0610. The molecule has 0 unspecified atom stereocenters. The van der Waals surface area contributed by atoms with Gasteiger partial charge in [0.2, 0.25) is 10.1 Å². The van der Waals surface area contributed by atoms with E-state index in [0.29, 0.717) is 0 Å². The van der Waals surface area contributed by atoms with Gasteiger partial charge >= 0.3 is 0 Å². The van der Waals surface area contributed by atoms with E-state index < -0.39 is 0 Å². The maximum Gasteiger partial charge on any atom is 0.275 e. The second-order valence-corrected chi connectivity index (χ2v) is 6.87. The molecule has 2 aromatic rings. The second-order valence-electron chi connectivity index (χ2n) is 5.94. The van der Waals surface area contributed by atoms with Gasteiger partial charge in [-0.05, 0) is 31.6 Å². The first-order valence-electron chi connectivity index (χ1n) is 7.82. The van der Waals surface area contributed by atoms with Crippen LogP contribution in [-0.4, -0.2) is 27.7 Å². The minimum Gasteiger partial charge on any atom is -0.347 e. The molecule has 0 aliphatic carbocycles. The topological polar surface area (TPSA) is 50.5 Å². The molecule has 6 heteroatoms. The summed E-state index contributed by atoms with van der Waals surface area (Å²) in [6.45, 7) is 6.46. The van der Waals surface area contributed by atoms with Crippen molar-refractivity contribution in [2.75, 3.05) is 18.0 Å². The first kappa shape index (κ1) is 14.5. The zero-order valence-electron chi connectivity index (χ0n) is 12.7. The molecule has 1 aliphatic heterocycles. The van der Waals surface area contributed by atoms with Crippen LogP contribution < -0.4 is 10.5 Å². The van der Waals surface area contributed by atoms with E-state index in [1.165, 1.54) is 35.1 Å². The zero-order chi connectivity index (χ0) is 14.8. The van der Waals surface area contributed by atoms with Crippen LogP contribution in [0.2, 0.25) is 0 Å². The molecular weight excluding hydrogens is 284 g/mol. The van der Waals surface area contributed by atoms with E-state index in [1.54, 1.807) is 6.07 Å². The van der Waals surface area contributed by atoms with E-state index in [9.17, 15) is 4.79 Å². The molecule has 0 aromatic carbocycles. The van der Waals surface area contributed by atoms with Gasteiger partial charge in [-0.15, -0.1) is 5.10 Å². The Hall–Kier alpha value is -1.43. The van der Waals surface area contributed by atoms with Crippen LogP contribution in [0.25, 0.3) is 4.96 Å². The zero-order valence-corrected chi connectivity index (χ0v) is 13.5. The van der Waals surface area contributed by atoms with Crippen LogP contribution in [0.15, 0.2) is 10.9 Å². The molecule has 1 saturated heterocycles. The lowest BCUT2D eigenvalue weighted by Crippen LogP contribution is -2.24. The van der Waals surface area contributed by atoms with Crippen molar-refractivity contribution in [3.8, 4) is 0 Å². The fraction of sp³-hybridized carbons (Fsp3) is 0.667. The highest BCUT2D eigenvalue weighted by molar-refractivity contribution is 7.20. The highest BCUT2D eigenvalue weighted by Crippen LogP contribution is 2.26. The number of fused-ring (bicyclic) bond motifs is 1. The lowest BCUT2D eigenvalue weighted by atomic mass is 10.0. The molecule has 0 bridgehead atoms. The van der Waals surface area contributed by atoms with E-state index in [2.05, 4.69) is 28.8 Å². The number of aromatic nitrogens is 3. The Labute approximate surface area is 128 Å². The molecule has 114 valence electrons. The summed E-state index contributed by atoms with van der Waals surface area (Å²) in [6, 6.07) is 1.62. The summed E-state index contributed by atoms with van der Waals surface area (Å²) in [5, 5.41) is 5.42. The maximum absolute atomic E-state index is 12.1. The average molecular weight is 306 g/mol. The van der Waals surface area contributed by atoms with Crippen molar-refractivity contribution >= 4 is 21.4 Å². The monoisotopic (exact) mass is 306 g/mol. The fourth-order valence-corrected chi connectivity index (χ4v) is 3.79. The van der Waals surface area contributed by atoms with Crippen LogP contribution in [0, 0.1) is 5.92 Å². The smallest absolute Gasteiger partial charge is 0.275 e. The normalized spacial score (nSPS) is 19.9. The van der Waals surface area contributed by atoms with Gasteiger partial charge in [-0.25, -0.2) is 4.98 Å². The van der Waals surface area contributed by atoms with Crippen LogP contribution in [0.4, 0.5) is 5.13 Å². The molecule has 3 heterocycles. The summed E-state index contributed by atoms with van der Waals surface area (Å²) in [7, 11) is 0. The molecule has 0 radical (unpaired) electrons. The highest BCUT2D eigenvalue weighted by Gasteiger charge is 2.18. The van der Waals surface area contributed by atoms with Gasteiger partial charge in [-0.1, -0.05) is 31.6 Å². The van der Waals surface area contributed by atoms with Crippen LogP contribution >= 0.6 is 11.3 Å². The van der Waals surface area contributed by atoms with Crippen LogP contribution in [0.1, 0.15) is 45.2 Å². The molecule has 1 aliphatic rings. The lowest BCUT2D eigenvalue weighted by Gasteiger charge is -2.18. The van der Waals surface area contributed by atoms with Gasteiger partial charge < -0.3 is 4.90 Å². The van der Waals surface area contributed by atoms with E-state index in [-0.39, 0.29) is 5.56 Å². The number of nitrogens with zero attached hydrogens (tertiary/aromatic N) is 4. The lowest BCUT2D eigenvalue weighted by molar-refractivity contribution is 0.521. The molecule has 0 amide bonds. The van der Waals surface area contributed by atoms with Crippen molar-refractivity contribution in [2.45, 2.75) is 46.0 Å². The van der Waals surface area contributed by atoms with Gasteiger partial charge in [0, 0.05) is 24.8 Å². The SMILES string of the molecule is CCCc1cc(=O)n2nc(N3CCC[C@@H](C)CC3)sc2n1. The third kappa shape index (κ3) is 3.10. The number of aryl methyl sites for hydroxylation is 1. The Morgan fingerprint density at radius 3 is 3.05 bits per heavy atom. The summed E-state index contributed by atoms with van der Waals surface area (Å²) >= 11 is 1.54. The average Bonchev–Trinajstić information content (AvgIpc) is 2.75. The summed E-state index contributed by atoms with van der Waals surface area (Å²) in [5.41, 5.74) is 0.816. The number of hydrogen-bond donors (Lipinski definition) is 0. The van der Waals surface area contributed by atoms with Crippen LogP contribution in [0.5, 0.6) is 0 Å². The maximum atomic E-state index is 12.1. The van der Waals surface area contributed by atoms with Crippen molar-refractivity contribution < 1.29 is 0 Å². The van der Waals surface area contributed by atoms with E-state index >= 15 is 0 Å². The Morgan fingerprint density at radius 1 is 1.38 bits per heavy atom. The minimum atomic E-state index is -0.0610. The fourth-order valence-electron chi connectivity index (χ4n) is 2.81. The predicted molar refractivity (Wildman–Crippen MR) is 86.4 cm³/mol. The van der Waals surface area contributed by atoms with Gasteiger partial charge in [0.1, 0.15) is 0 Å². The van der Waals surface area contributed by atoms with Crippen LogP contribution in [-0.2, 0) is 6.42 Å². The standard InChI is InChI=1S/C15H22N4OS/c1-3-5-12-10-13(20)19-14(16-12)21-15(17-19)18-8-4-6-11(2)7-9-18/h10-11H,3-9H2,1-2H3/t11-/m1/s1. The Bertz CT molecular complexity index is 678. The molecule has 5 nitrogen and oxygen atoms in total. The molecule has 1 fully saturated rings. The van der Waals surface area contributed by atoms with E-state index in [1.807, 2.05) is 0 Å². The molecular formula is C15H22N4OS. The molecule has 0 saturated carbocycles. The third-order valence-electron chi connectivity index (χ3n) is 4.08. The van der Waals surface area contributed by atoms with Gasteiger partial charge in [-0.2, -0.15) is 4.52 Å².